The summed E-state index contributed by atoms with van der Waals surface area (Å²) < 4.78 is 0. The number of nitrogens with zero attached hydrogens (tertiary/aromatic N) is 3. The summed E-state index contributed by atoms with van der Waals surface area (Å²) in [4.78, 5) is 11.3. The van der Waals surface area contributed by atoms with Crippen LogP contribution in [-0.4, -0.2) is 24.1 Å². The van der Waals surface area contributed by atoms with E-state index in [2.05, 4.69) is 40.4 Å². The average Bonchev–Trinajstić information content (AvgIpc) is 2.54. The summed E-state index contributed by atoms with van der Waals surface area (Å²) in [6.07, 6.45) is 0. The van der Waals surface area contributed by atoms with Crippen molar-refractivity contribution in [2.45, 2.75) is 13.0 Å². The van der Waals surface area contributed by atoms with Gasteiger partial charge < -0.3 is 10.2 Å². The van der Waals surface area contributed by atoms with Crippen molar-refractivity contribution in [2.75, 3.05) is 24.3 Å². The summed E-state index contributed by atoms with van der Waals surface area (Å²) in [5.41, 5.74) is 2.16. The maximum Gasteiger partial charge on any atom is 0.225 e. The largest absolute Gasteiger partial charge is 0.362 e. The minimum absolute atomic E-state index is 0.150. The highest BCUT2D eigenvalue weighted by Crippen LogP contribution is 2.25. The molecule has 1 atom stereocenters. The fourth-order valence-corrected chi connectivity index (χ4v) is 2.48. The van der Waals surface area contributed by atoms with Gasteiger partial charge in [0.25, 0.3) is 0 Å². The van der Waals surface area contributed by atoms with Crippen molar-refractivity contribution in [3.63, 3.8) is 0 Å². The van der Waals surface area contributed by atoms with Crippen LogP contribution in [0, 0.1) is 0 Å². The summed E-state index contributed by atoms with van der Waals surface area (Å²) in [6.45, 7) is 2.11. The Morgan fingerprint density at radius 3 is 2.32 bits per heavy atom. The molecule has 112 valence electrons. The normalized spacial score (nSPS) is 12.1. The molecule has 0 aliphatic heterocycles. The number of anilines is 2. The second-order valence-corrected chi connectivity index (χ2v) is 5.56. The van der Waals surface area contributed by atoms with Gasteiger partial charge in [-0.15, -0.1) is 0 Å². The molecule has 0 bridgehead atoms. The minimum atomic E-state index is 0.150. The average molecular weight is 292 g/mol. The Morgan fingerprint density at radius 2 is 1.59 bits per heavy atom. The summed E-state index contributed by atoms with van der Waals surface area (Å²) in [6, 6.07) is 18.5. The van der Waals surface area contributed by atoms with Crippen LogP contribution < -0.4 is 10.2 Å². The molecule has 0 aliphatic carbocycles. The van der Waals surface area contributed by atoms with Crippen LogP contribution in [0.15, 0.2) is 54.6 Å². The summed E-state index contributed by atoms with van der Waals surface area (Å²) in [5, 5.41) is 4.46. The van der Waals surface area contributed by atoms with E-state index < -0.39 is 0 Å². The number of nitrogens with one attached hydrogen (secondary N) is 1. The molecular formula is C18H20N4. The van der Waals surface area contributed by atoms with Crippen LogP contribution in [0.25, 0.3) is 10.9 Å². The molecule has 1 heterocycles. The highest BCUT2D eigenvalue weighted by molar-refractivity contribution is 5.90. The fourth-order valence-electron chi connectivity index (χ4n) is 2.48. The van der Waals surface area contributed by atoms with Gasteiger partial charge in [0.15, 0.2) is 0 Å². The quantitative estimate of drug-likeness (QED) is 0.792. The first-order valence-corrected chi connectivity index (χ1v) is 7.41. The van der Waals surface area contributed by atoms with E-state index in [9.17, 15) is 0 Å². The predicted molar refractivity (Wildman–Crippen MR) is 92.3 cm³/mol. The van der Waals surface area contributed by atoms with Crippen LogP contribution in [0.1, 0.15) is 18.5 Å². The number of para-hydroxylation sites is 1. The van der Waals surface area contributed by atoms with Crippen LogP contribution in [0.3, 0.4) is 0 Å². The van der Waals surface area contributed by atoms with Crippen LogP contribution in [0.2, 0.25) is 0 Å². The van der Waals surface area contributed by atoms with Crippen molar-refractivity contribution < 1.29 is 0 Å². The van der Waals surface area contributed by atoms with Crippen molar-refractivity contribution >= 4 is 22.7 Å². The van der Waals surface area contributed by atoms with E-state index in [0.717, 1.165) is 16.7 Å². The topological polar surface area (TPSA) is 41.1 Å². The molecule has 3 rings (SSSR count). The monoisotopic (exact) mass is 292 g/mol. The van der Waals surface area contributed by atoms with E-state index in [0.29, 0.717) is 5.95 Å². The molecular weight excluding hydrogens is 272 g/mol. The molecule has 22 heavy (non-hydrogen) atoms. The van der Waals surface area contributed by atoms with E-state index in [-0.39, 0.29) is 6.04 Å². The lowest BCUT2D eigenvalue weighted by molar-refractivity contribution is 0.861. The Hall–Kier alpha value is -2.62. The molecule has 3 aromatic rings. The molecule has 1 aromatic heterocycles. The second-order valence-electron chi connectivity index (χ2n) is 5.56. The summed E-state index contributed by atoms with van der Waals surface area (Å²) >= 11 is 0. The van der Waals surface area contributed by atoms with E-state index in [1.807, 2.05) is 55.4 Å². The maximum atomic E-state index is 4.67. The third-order valence-electron chi connectivity index (χ3n) is 3.65. The summed E-state index contributed by atoms with van der Waals surface area (Å²) in [5.74, 6) is 1.58. The first-order valence-electron chi connectivity index (χ1n) is 7.41. The molecule has 1 unspecified atom stereocenters. The Bertz CT molecular complexity index is 768. The predicted octanol–water partition coefficient (Wildman–Crippen LogP) is 3.87. The van der Waals surface area contributed by atoms with Crippen LogP contribution in [0.5, 0.6) is 0 Å². The number of rotatable bonds is 4. The molecule has 1 N–H and O–H groups in total. The fraction of sp³-hybridized carbons (Fsp3) is 0.222. The number of hydrogen-bond acceptors (Lipinski definition) is 4. The van der Waals surface area contributed by atoms with Crippen LogP contribution in [-0.2, 0) is 0 Å². The van der Waals surface area contributed by atoms with Gasteiger partial charge in [-0.1, -0.05) is 42.5 Å². The zero-order chi connectivity index (χ0) is 15.5. The third-order valence-corrected chi connectivity index (χ3v) is 3.65. The van der Waals surface area contributed by atoms with Crippen molar-refractivity contribution in [1.82, 2.24) is 9.97 Å². The van der Waals surface area contributed by atoms with Gasteiger partial charge in [0.05, 0.1) is 11.6 Å². The van der Waals surface area contributed by atoms with E-state index in [1.54, 1.807) is 0 Å². The van der Waals surface area contributed by atoms with Crippen molar-refractivity contribution in [3.8, 4) is 0 Å². The standard InChI is InChI=1S/C18H20N4/c1-13(14-9-5-4-6-10-14)19-18-20-16-12-8-7-11-15(16)17(21-18)22(2)3/h4-13H,1-3H3,(H,19,20,21). The Morgan fingerprint density at radius 1 is 0.909 bits per heavy atom. The van der Waals surface area contributed by atoms with Gasteiger partial charge in [0.1, 0.15) is 5.82 Å². The Balaban J connectivity index is 1.97. The molecule has 0 amide bonds. The van der Waals surface area contributed by atoms with Gasteiger partial charge in [-0.3, -0.25) is 0 Å². The van der Waals surface area contributed by atoms with E-state index in [1.165, 1.54) is 5.56 Å². The molecule has 2 aromatic carbocycles. The van der Waals surface area contributed by atoms with Gasteiger partial charge in [-0.25, -0.2) is 4.98 Å². The van der Waals surface area contributed by atoms with Crippen molar-refractivity contribution in [1.29, 1.82) is 0 Å². The molecule has 0 radical (unpaired) electrons. The van der Waals surface area contributed by atoms with Gasteiger partial charge in [-0.2, -0.15) is 4.98 Å². The number of aromatic nitrogens is 2. The SMILES string of the molecule is CC(Nc1nc(N(C)C)c2ccccc2n1)c1ccccc1. The lowest BCUT2D eigenvalue weighted by atomic mass is 10.1. The molecule has 4 nitrogen and oxygen atoms in total. The highest BCUT2D eigenvalue weighted by atomic mass is 15.2. The number of benzene rings is 2. The molecule has 0 saturated carbocycles. The summed E-state index contributed by atoms with van der Waals surface area (Å²) in [7, 11) is 4.00. The first-order chi connectivity index (χ1) is 10.6. The lowest BCUT2D eigenvalue weighted by Gasteiger charge is -2.18. The molecule has 0 saturated heterocycles. The zero-order valence-electron chi connectivity index (χ0n) is 13.1. The van der Waals surface area contributed by atoms with E-state index in [4.69, 9.17) is 0 Å². The van der Waals surface area contributed by atoms with Crippen molar-refractivity contribution in [3.05, 3.63) is 60.2 Å². The molecule has 0 fully saturated rings. The van der Waals surface area contributed by atoms with Gasteiger partial charge >= 0.3 is 0 Å². The van der Waals surface area contributed by atoms with Gasteiger partial charge in [-0.05, 0) is 24.6 Å². The van der Waals surface area contributed by atoms with Crippen LogP contribution >= 0.6 is 0 Å². The smallest absolute Gasteiger partial charge is 0.225 e. The van der Waals surface area contributed by atoms with Crippen molar-refractivity contribution in [2.24, 2.45) is 0 Å². The van der Waals surface area contributed by atoms with E-state index >= 15 is 0 Å². The van der Waals surface area contributed by atoms with Gasteiger partial charge in [0, 0.05) is 19.5 Å². The minimum Gasteiger partial charge on any atom is -0.362 e. The van der Waals surface area contributed by atoms with Gasteiger partial charge in [0.2, 0.25) is 5.95 Å². The molecule has 0 spiro atoms. The Labute approximate surface area is 130 Å². The molecule has 4 heteroatoms. The first kappa shape index (κ1) is 14.3. The second kappa shape index (κ2) is 6.02. The highest BCUT2D eigenvalue weighted by Gasteiger charge is 2.11. The lowest BCUT2D eigenvalue weighted by Crippen LogP contribution is -2.15. The molecule has 0 aliphatic rings. The maximum absolute atomic E-state index is 4.67. The third kappa shape index (κ3) is 2.86. The number of fused-ring (bicyclic) bond motifs is 1. The van der Waals surface area contributed by atoms with Crippen LogP contribution in [0.4, 0.5) is 11.8 Å². The number of hydrogen-bond donors (Lipinski definition) is 1. The Kier molecular flexibility index (Phi) is 3.92. The zero-order valence-corrected chi connectivity index (χ0v) is 13.1.